The molecule has 0 saturated heterocycles. The molecule has 0 spiro atoms. The van der Waals surface area contributed by atoms with Gasteiger partial charge in [0.05, 0.1) is 47.6 Å². The van der Waals surface area contributed by atoms with Crippen LogP contribution in [0.2, 0.25) is 0 Å². The number of anilines is 2. The van der Waals surface area contributed by atoms with Crippen LogP contribution in [0.15, 0.2) is 24.3 Å². The van der Waals surface area contributed by atoms with E-state index in [0.717, 1.165) is 12.1 Å². The van der Waals surface area contributed by atoms with E-state index in [0.29, 0.717) is 0 Å². The van der Waals surface area contributed by atoms with Crippen molar-refractivity contribution >= 4 is 22.7 Å². The monoisotopic (exact) mass is 394 g/mol. The second-order valence-electron chi connectivity index (χ2n) is 5.33. The second-order valence-corrected chi connectivity index (χ2v) is 5.33. The SMILES string of the molecule is COc1cc(N)c(OCCOc2cc([N+](=O)[O-])c(OC)cc2N)cc1[N+](=O)[O-]. The first-order valence-electron chi connectivity index (χ1n) is 7.77. The molecule has 4 N–H and O–H groups in total. The van der Waals surface area contributed by atoms with E-state index in [1.54, 1.807) is 0 Å². The fourth-order valence-corrected chi connectivity index (χ4v) is 2.30. The number of nitro groups is 2. The molecule has 0 aromatic heterocycles. The van der Waals surface area contributed by atoms with Crippen LogP contribution in [0.5, 0.6) is 23.0 Å². The van der Waals surface area contributed by atoms with Gasteiger partial charge in [0.2, 0.25) is 0 Å². The Morgan fingerprint density at radius 1 is 0.750 bits per heavy atom. The summed E-state index contributed by atoms with van der Waals surface area (Å²) in [6, 6.07) is 4.83. The zero-order valence-corrected chi connectivity index (χ0v) is 15.0. The number of methoxy groups -OCH3 is 2. The van der Waals surface area contributed by atoms with Crippen LogP contribution in [-0.4, -0.2) is 37.3 Å². The number of nitrogens with zero attached hydrogens (tertiary/aromatic N) is 2. The number of rotatable bonds is 9. The van der Waals surface area contributed by atoms with Gasteiger partial charge in [-0.05, 0) is 0 Å². The number of nitro benzene ring substituents is 2. The molecule has 0 aliphatic rings. The van der Waals surface area contributed by atoms with Gasteiger partial charge in [0.15, 0.2) is 11.5 Å². The minimum Gasteiger partial charge on any atom is -0.490 e. The van der Waals surface area contributed by atoms with Crippen molar-refractivity contribution in [2.24, 2.45) is 0 Å². The molecule has 0 bridgehead atoms. The Labute approximate surface area is 158 Å². The fraction of sp³-hybridized carbons (Fsp3) is 0.250. The van der Waals surface area contributed by atoms with Crippen molar-refractivity contribution < 1.29 is 28.8 Å². The number of nitrogens with two attached hydrogens (primary N) is 2. The highest BCUT2D eigenvalue weighted by molar-refractivity contribution is 5.65. The molecule has 2 aromatic rings. The lowest BCUT2D eigenvalue weighted by molar-refractivity contribution is -0.386. The molecule has 0 unspecified atom stereocenters. The molecule has 0 aliphatic heterocycles. The standard InChI is InChI=1S/C16H18N4O8/c1-25-15-5-9(17)13(7-11(15)19(21)22)27-3-4-28-14-8-12(20(23)24)16(26-2)6-10(14)18/h5-8H,3-4,17-18H2,1-2H3. The molecule has 0 fully saturated rings. The van der Waals surface area contributed by atoms with Crippen molar-refractivity contribution in [3.8, 4) is 23.0 Å². The summed E-state index contributed by atoms with van der Waals surface area (Å²) in [5.41, 5.74) is 11.3. The second kappa shape index (κ2) is 8.62. The van der Waals surface area contributed by atoms with E-state index in [4.69, 9.17) is 30.4 Å². The van der Waals surface area contributed by atoms with Crippen LogP contribution in [0.1, 0.15) is 0 Å². The van der Waals surface area contributed by atoms with Gasteiger partial charge in [-0.3, -0.25) is 20.2 Å². The summed E-state index contributed by atoms with van der Waals surface area (Å²) in [5.74, 6) is 0.156. The lowest BCUT2D eigenvalue weighted by Crippen LogP contribution is -2.11. The molecule has 0 atom stereocenters. The average Bonchev–Trinajstić information content (AvgIpc) is 2.65. The first-order chi connectivity index (χ1) is 13.3. The van der Waals surface area contributed by atoms with E-state index >= 15 is 0 Å². The maximum atomic E-state index is 11.1. The molecule has 150 valence electrons. The first kappa shape index (κ1) is 20.4. The van der Waals surface area contributed by atoms with Crippen LogP contribution in [-0.2, 0) is 0 Å². The normalized spacial score (nSPS) is 10.2. The number of hydrogen-bond acceptors (Lipinski definition) is 10. The van der Waals surface area contributed by atoms with Crippen molar-refractivity contribution in [3.63, 3.8) is 0 Å². The molecule has 12 heteroatoms. The third kappa shape index (κ3) is 4.41. The topological polar surface area (TPSA) is 175 Å². The summed E-state index contributed by atoms with van der Waals surface area (Å²) in [7, 11) is 2.57. The van der Waals surface area contributed by atoms with Gasteiger partial charge in [-0.1, -0.05) is 0 Å². The average molecular weight is 394 g/mol. The van der Waals surface area contributed by atoms with Crippen LogP contribution >= 0.6 is 0 Å². The summed E-state index contributed by atoms with van der Waals surface area (Å²) in [6.07, 6.45) is 0. The van der Waals surface area contributed by atoms with Crippen LogP contribution < -0.4 is 30.4 Å². The van der Waals surface area contributed by atoms with Gasteiger partial charge in [-0.2, -0.15) is 0 Å². The van der Waals surface area contributed by atoms with Gasteiger partial charge < -0.3 is 30.4 Å². The maximum Gasteiger partial charge on any atom is 0.314 e. The molecular weight excluding hydrogens is 376 g/mol. The Balaban J connectivity index is 2.07. The largest absolute Gasteiger partial charge is 0.490 e. The Morgan fingerprint density at radius 3 is 1.39 bits per heavy atom. The van der Waals surface area contributed by atoms with Crippen molar-refractivity contribution in [1.82, 2.24) is 0 Å². The van der Waals surface area contributed by atoms with Crippen molar-refractivity contribution in [2.75, 3.05) is 38.9 Å². The summed E-state index contributed by atoms with van der Waals surface area (Å²) in [5, 5.41) is 22.1. The predicted molar refractivity (Wildman–Crippen MR) is 99.1 cm³/mol. The van der Waals surface area contributed by atoms with Crippen LogP contribution in [0.3, 0.4) is 0 Å². The highest BCUT2D eigenvalue weighted by Crippen LogP contribution is 2.37. The van der Waals surface area contributed by atoms with Crippen molar-refractivity contribution in [3.05, 3.63) is 44.5 Å². The summed E-state index contributed by atoms with van der Waals surface area (Å²) in [6.45, 7) is -0.0973. The third-order valence-electron chi connectivity index (χ3n) is 3.61. The zero-order chi connectivity index (χ0) is 20.8. The van der Waals surface area contributed by atoms with Gasteiger partial charge >= 0.3 is 11.4 Å². The molecule has 0 aliphatic carbocycles. The summed E-state index contributed by atoms with van der Waals surface area (Å²) in [4.78, 5) is 20.9. The molecular formula is C16H18N4O8. The highest BCUT2D eigenvalue weighted by Gasteiger charge is 2.20. The Kier molecular flexibility index (Phi) is 6.26. The van der Waals surface area contributed by atoms with Crippen LogP contribution in [0.4, 0.5) is 22.7 Å². The Hall–Kier alpha value is -3.96. The molecule has 0 radical (unpaired) electrons. The smallest absolute Gasteiger partial charge is 0.314 e. The van der Waals surface area contributed by atoms with Crippen LogP contribution in [0, 0.1) is 20.2 Å². The minimum absolute atomic E-state index is 0.00409. The summed E-state index contributed by atoms with van der Waals surface area (Å²) >= 11 is 0. The molecule has 2 rings (SSSR count). The quantitative estimate of drug-likeness (QED) is 0.277. The van der Waals surface area contributed by atoms with E-state index in [9.17, 15) is 20.2 Å². The number of hydrogen-bond donors (Lipinski definition) is 2. The third-order valence-corrected chi connectivity index (χ3v) is 3.61. The fourth-order valence-electron chi connectivity index (χ4n) is 2.30. The van der Waals surface area contributed by atoms with Crippen molar-refractivity contribution in [1.29, 1.82) is 0 Å². The van der Waals surface area contributed by atoms with Crippen molar-refractivity contribution in [2.45, 2.75) is 0 Å². The predicted octanol–water partition coefficient (Wildman–Crippen LogP) is 2.14. The van der Waals surface area contributed by atoms with Gasteiger partial charge in [0.1, 0.15) is 24.7 Å². The number of ether oxygens (including phenoxy) is 4. The van der Waals surface area contributed by atoms with Gasteiger partial charge in [-0.25, -0.2) is 0 Å². The molecule has 12 nitrogen and oxygen atoms in total. The Bertz CT molecular complexity index is 829. The molecule has 0 heterocycles. The molecule has 0 saturated carbocycles. The lowest BCUT2D eigenvalue weighted by Gasteiger charge is -2.13. The van der Waals surface area contributed by atoms with E-state index < -0.39 is 9.85 Å². The van der Waals surface area contributed by atoms with E-state index in [1.807, 2.05) is 0 Å². The molecule has 0 amide bonds. The van der Waals surface area contributed by atoms with Gasteiger partial charge in [0, 0.05) is 12.1 Å². The lowest BCUT2D eigenvalue weighted by atomic mass is 10.2. The minimum atomic E-state index is -0.626. The van der Waals surface area contributed by atoms with E-state index in [-0.39, 0.29) is 59.0 Å². The molecule has 28 heavy (non-hydrogen) atoms. The Morgan fingerprint density at radius 2 is 1.11 bits per heavy atom. The highest BCUT2D eigenvalue weighted by atomic mass is 16.6. The zero-order valence-electron chi connectivity index (χ0n) is 15.0. The van der Waals surface area contributed by atoms with Gasteiger partial charge in [-0.15, -0.1) is 0 Å². The van der Waals surface area contributed by atoms with Gasteiger partial charge in [0.25, 0.3) is 0 Å². The van der Waals surface area contributed by atoms with Crippen LogP contribution in [0.25, 0.3) is 0 Å². The van der Waals surface area contributed by atoms with E-state index in [2.05, 4.69) is 0 Å². The molecule has 2 aromatic carbocycles. The summed E-state index contributed by atoms with van der Waals surface area (Å²) < 4.78 is 20.6. The van der Waals surface area contributed by atoms with E-state index in [1.165, 1.54) is 26.4 Å². The number of benzene rings is 2. The maximum absolute atomic E-state index is 11.1. The first-order valence-corrected chi connectivity index (χ1v) is 7.77. The number of nitrogen functional groups attached to an aromatic ring is 2.